The first-order valence-electron chi connectivity index (χ1n) is 10.0. The van der Waals surface area contributed by atoms with Gasteiger partial charge in [-0.15, -0.1) is 0 Å². The summed E-state index contributed by atoms with van der Waals surface area (Å²) >= 11 is 0. The van der Waals surface area contributed by atoms with E-state index in [-0.39, 0.29) is 35.9 Å². The van der Waals surface area contributed by atoms with E-state index in [1.165, 1.54) is 30.7 Å². The van der Waals surface area contributed by atoms with Crippen molar-refractivity contribution in [1.29, 1.82) is 0 Å². The molecular weight excluding hydrogens is 388 g/mol. The van der Waals surface area contributed by atoms with Crippen LogP contribution in [-0.4, -0.2) is 47.8 Å². The number of primary amides is 1. The Hall–Kier alpha value is -2.80. The average Bonchev–Trinajstić information content (AvgIpc) is 2.71. The summed E-state index contributed by atoms with van der Waals surface area (Å²) in [6.07, 6.45) is 1.68. The van der Waals surface area contributed by atoms with Crippen LogP contribution in [0.2, 0.25) is 0 Å². The highest BCUT2D eigenvalue weighted by Crippen LogP contribution is 2.30. The van der Waals surface area contributed by atoms with E-state index in [0.717, 1.165) is 11.1 Å². The molecule has 0 aliphatic carbocycles. The van der Waals surface area contributed by atoms with Crippen LogP contribution in [0, 0.1) is 24.0 Å². The number of hydrogen-bond donors (Lipinski definition) is 1. The Labute approximate surface area is 175 Å². The second kappa shape index (κ2) is 9.80. The van der Waals surface area contributed by atoms with E-state index in [0.29, 0.717) is 26.2 Å². The first-order chi connectivity index (χ1) is 14.3. The summed E-state index contributed by atoms with van der Waals surface area (Å²) in [7, 11) is 0. The zero-order valence-corrected chi connectivity index (χ0v) is 16.9. The van der Waals surface area contributed by atoms with Gasteiger partial charge in [-0.2, -0.15) is 0 Å². The van der Waals surface area contributed by atoms with Crippen LogP contribution < -0.4 is 5.73 Å². The van der Waals surface area contributed by atoms with Gasteiger partial charge in [0.2, 0.25) is 11.8 Å². The smallest absolute Gasteiger partial charge is 0.226 e. The topological polar surface area (TPSA) is 66.6 Å². The van der Waals surface area contributed by atoms with Crippen molar-refractivity contribution in [1.82, 2.24) is 9.80 Å². The number of hydrogen-bond acceptors (Lipinski definition) is 3. The molecule has 30 heavy (non-hydrogen) atoms. The van der Waals surface area contributed by atoms with Gasteiger partial charge in [0.15, 0.2) is 0 Å². The van der Waals surface area contributed by atoms with Crippen molar-refractivity contribution in [2.45, 2.75) is 19.4 Å². The first-order valence-corrected chi connectivity index (χ1v) is 10.0. The molecule has 1 fully saturated rings. The summed E-state index contributed by atoms with van der Waals surface area (Å²) in [5, 5.41) is 0. The highest BCUT2D eigenvalue weighted by molar-refractivity contribution is 5.86. The molecule has 0 bridgehead atoms. The molecule has 3 rings (SSSR count). The number of halogens is 2. The van der Waals surface area contributed by atoms with Gasteiger partial charge in [0.1, 0.15) is 11.6 Å². The molecule has 1 saturated heterocycles. The van der Waals surface area contributed by atoms with E-state index in [2.05, 4.69) is 4.90 Å². The van der Waals surface area contributed by atoms with Gasteiger partial charge in [0.05, 0.1) is 12.5 Å². The lowest BCUT2D eigenvalue weighted by molar-refractivity contribution is -0.130. The van der Waals surface area contributed by atoms with E-state index in [1.807, 2.05) is 0 Å². The molecule has 1 radical (unpaired) electrons. The molecular formula is C23H26F2N3O2. The fraction of sp³-hybridized carbons (Fsp3) is 0.348. The van der Waals surface area contributed by atoms with Gasteiger partial charge in [0.25, 0.3) is 0 Å². The van der Waals surface area contributed by atoms with Crippen molar-refractivity contribution in [3.05, 3.63) is 77.7 Å². The normalized spacial score (nSPS) is 15.9. The molecule has 0 spiro atoms. The Morgan fingerprint density at radius 2 is 1.40 bits per heavy atom. The maximum atomic E-state index is 13.4. The third-order valence-corrected chi connectivity index (χ3v) is 5.31. The van der Waals surface area contributed by atoms with E-state index in [9.17, 15) is 18.4 Å². The predicted octanol–water partition coefficient (Wildman–Crippen LogP) is 2.91. The summed E-state index contributed by atoms with van der Waals surface area (Å²) in [6.45, 7) is 4.07. The fourth-order valence-corrected chi connectivity index (χ4v) is 3.83. The van der Waals surface area contributed by atoms with Crippen molar-refractivity contribution >= 4 is 11.8 Å². The summed E-state index contributed by atoms with van der Waals surface area (Å²) in [5.41, 5.74) is 7.00. The largest absolute Gasteiger partial charge is 0.370 e. The Kier molecular flexibility index (Phi) is 7.15. The Balaban J connectivity index is 1.70. The van der Waals surface area contributed by atoms with E-state index >= 15 is 0 Å². The number of rotatable bonds is 7. The third-order valence-electron chi connectivity index (χ3n) is 5.31. The molecule has 1 atom stereocenters. The summed E-state index contributed by atoms with van der Waals surface area (Å²) < 4.78 is 26.9. The van der Waals surface area contributed by atoms with Gasteiger partial charge in [0, 0.05) is 32.6 Å². The van der Waals surface area contributed by atoms with Crippen LogP contribution >= 0.6 is 0 Å². The Morgan fingerprint density at radius 3 is 1.83 bits per heavy atom. The second-order valence-electron chi connectivity index (χ2n) is 7.68. The van der Waals surface area contributed by atoms with E-state index in [4.69, 9.17) is 5.73 Å². The van der Waals surface area contributed by atoms with Crippen LogP contribution in [0.3, 0.4) is 0 Å². The first kappa shape index (κ1) is 21.9. The standard InChI is InChI=1S/C23H26F2N3O2/c1-16(14-21(26)29)15-22(30)27-10-12-28(13-11-27)23(17-2-6-19(24)7-3-17)18-4-8-20(25)9-5-18/h2-9,15-16,23H,10-14H2,1H3,(H2,26,29). The minimum atomic E-state index is -0.433. The van der Waals surface area contributed by atoms with E-state index in [1.54, 1.807) is 36.1 Å². The van der Waals surface area contributed by atoms with Crippen LogP contribution in [0.15, 0.2) is 48.5 Å². The molecule has 0 aromatic heterocycles. The molecule has 0 saturated carbocycles. The van der Waals surface area contributed by atoms with E-state index < -0.39 is 5.91 Å². The summed E-state index contributed by atoms with van der Waals surface area (Å²) in [5.74, 6) is -1.37. The molecule has 5 nitrogen and oxygen atoms in total. The van der Waals surface area contributed by atoms with Crippen molar-refractivity contribution < 1.29 is 18.4 Å². The average molecular weight is 414 g/mol. The number of amides is 2. The van der Waals surface area contributed by atoms with Gasteiger partial charge in [-0.3, -0.25) is 14.5 Å². The molecule has 2 aromatic carbocycles. The van der Waals surface area contributed by atoms with Crippen molar-refractivity contribution in [2.24, 2.45) is 11.7 Å². The van der Waals surface area contributed by atoms with Crippen molar-refractivity contribution in [3.8, 4) is 0 Å². The minimum absolute atomic E-state index is 0.108. The van der Waals surface area contributed by atoms with Gasteiger partial charge in [-0.25, -0.2) is 8.78 Å². The molecule has 1 heterocycles. The highest BCUT2D eigenvalue weighted by Gasteiger charge is 2.29. The molecule has 2 aromatic rings. The Bertz CT molecular complexity index is 818. The fourth-order valence-electron chi connectivity index (χ4n) is 3.83. The number of nitrogens with zero attached hydrogens (tertiary/aromatic N) is 2. The Morgan fingerprint density at radius 1 is 0.933 bits per heavy atom. The molecule has 1 unspecified atom stereocenters. The predicted molar refractivity (Wildman–Crippen MR) is 110 cm³/mol. The SMILES string of the molecule is CC([CH]C(=O)N1CCN(C(c2ccc(F)cc2)c2ccc(F)cc2)CC1)CC(N)=O. The van der Waals surface area contributed by atoms with Gasteiger partial charge < -0.3 is 10.6 Å². The van der Waals surface area contributed by atoms with Crippen molar-refractivity contribution in [3.63, 3.8) is 0 Å². The molecule has 2 N–H and O–H groups in total. The highest BCUT2D eigenvalue weighted by atomic mass is 19.1. The summed E-state index contributed by atoms with van der Waals surface area (Å²) in [6, 6.07) is 12.4. The number of nitrogens with two attached hydrogens (primary N) is 1. The molecule has 1 aliphatic rings. The van der Waals surface area contributed by atoms with Gasteiger partial charge in [-0.1, -0.05) is 31.2 Å². The van der Waals surface area contributed by atoms with Crippen LogP contribution in [0.25, 0.3) is 0 Å². The van der Waals surface area contributed by atoms with Crippen LogP contribution in [0.4, 0.5) is 8.78 Å². The molecule has 2 amide bonds. The summed E-state index contributed by atoms with van der Waals surface area (Å²) in [4.78, 5) is 27.5. The molecule has 159 valence electrons. The van der Waals surface area contributed by atoms with Gasteiger partial charge >= 0.3 is 0 Å². The zero-order chi connectivity index (χ0) is 21.7. The lowest BCUT2D eigenvalue weighted by atomic mass is 9.96. The lowest BCUT2D eigenvalue weighted by Gasteiger charge is -2.40. The number of benzene rings is 2. The van der Waals surface area contributed by atoms with Crippen LogP contribution in [0.1, 0.15) is 30.5 Å². The van der Waals surface area contributed by atoms with Gasteiger partial charge in [-0.05, 0) is 41.3 Å². The quantitative estimate of drug-likeness (QED) is 0.758. The third kappa shape index (κ3) is 5.63. The minimum Gasteiger partial charge on any atom is -0.370 e. The van der Waals surface area contributed by atoms with Crippen LogP contribution in [0.5, 0.6) is 0 Å². The molecule has 7 heteroatoms. The van der Waals surface area contributed by atoms with Crippen LogP contribution in [-0.2, 0) is 9.59 Å². The zero-order valence-electron chi connectivity index (χ0n) is 16.9. The number of carbonyl (C=O) groups excluding carboxylic acids is 2. The second-order valence-corrected chi connectivity index (χ2v) is 7.68. The lowest BCUT2D eigenvalue weighted by Crippen LogP contribution is -2.50. The van der Waals surface area contributed by atoms with Crippen molar-refractivity contribution in [2.75, 3.05) is 26.2 Å². The number of piperazine rings is 1. The molecule has 1 aliphatic heterocycles. The monoisotopic (exact) mass is 414 g/mol. The maximum Gasteiger partial charge on any atom is 0.226 e. The number of carbonyl (C=O) groups is 2. The maximum absolute atomic E-state index is 13.4.